The van der Waals surface area contributed by atoms with E-state index in [1.54, 1.807) is 0 Å². The topological polar surface area (TPSA) is 46.3 Å². The smallest absolute Gasteiger partial charge is 0.390 e. The number of amides is 1. The first kappa shape index (κ1) is 14.6. The van der Waals surface area contributed by atoms with Crippen molar-refractivity contribution in [3.63, 3.8) is 0 Å². The quantitative estimate of drug-likeness (QED) is 0.865. The molecule has 1 rings (SSSR count). The molecule has 0 aliphatic heterocycles. The summed E-state index contributed by atoms with van der Waals surface area (Å²) in [7, 11) is 1.30. The van der Waals surface area contributed by atoms with Gasteiger partial charge in [-0.3, -0.25) is 4.79 Å². The molecule has 0 aliphatic rings. The van der Waals surface area contributed by atoms with Gasteiger partial charge in [0.15, 0.2) is 0 Å². The second kappa shape index (κ2) is 5.48. The van der Waals surface area contributed by atoms with Crippen LogP contribution in [0.15, 0.2) is 18.2 Å². The molecule has 1 aromatic carbocycles. The first-order valence-corrected chi connectivity index (χ1v) is 5.46. The van der Waals surface area contributed by atoms with Gasteiger partial charge in [-0.2, -0.15) is 13.2 Å². The molecule has 1 amide bonds. The van der Waals surface area contributed by atoms with Gasteiger partial charge in [-0.05, 0) is 18.2 Å². The zero-order chi connectivity index (χ0) is 13.9. The number of carbonyl (C=O) groups is 1. The second-order valence-corrected chi connectivity index (χ2v) is 4.24. The standard InChI is InChI=1S/C11H12ClF3N2O/c1-17(5-4-11(13,14)15)10(18)7-2-3-8(12)9(16)6-7/h2-3,6H,4-5,16H2,1H3. The van der Waals surface area contributed by atoms with Gasteiger partial charge < -0.3 is 10.6 Å². The highest BCUT2D eigenvalue weighted by molar-refractivity contribution is 6.33. The molecule has 0 saturated carbocycles. The Morgan fingerprint density at radius 2 is 2.06 bits per heavy atom. The fraction of sp³-hybridized carbons (Fsp3) is 0.364. The van der Waals surface area contributed by atoms with Crippen LogP contribution in [-0.2, 0) is 0 Å². The van der Waals surface area contributed by atoms with E-state index in [4.69, 9.17) is 17.3 Å². The molecule has 0 atom stereocenters. The lowest BCUT2D eigenvalue weighted by molar-refractivity contribution is -0.136. The van der Waals surface area contributed by atoms with Crippen LogP contribution in [0.25, 0.3) is 0 Å². The molecule has 100 valence electrons. The van der Waals surface area contributed by atoms with Crippen molar-refractivity contribution in [1.29, 1.82) is 0 Å². The average molecular weight is 281 g/mol. The van der Waals surface area contributed by atoms with Crippen LogP contribution >= 0.6 is 11.6 Å². The minimum Gasteiger partial charge on any atom is -0.398 e. The molecule has 0 fully saturated rings. The lowest BCUT2D eigenvalue weighted by Crippen LogP contribution is -2.30. The molecule has 1 aromatic rings. The predicted octanol–water partition coefficient (Wildman–Crippen LogP) is 2.95. The maximum atomic E-state index is 12.0. The Morgan fingerprint density at radius 3 is 2.56 bits per heavy atom. The van der Waals surface area contributed by atoms with Crippen molar-refractivity contribution in [2.24, 2.45) is 0 Å². The molecule has 0 unspecified atom stereocenters. The number of hydrogen-bond acceptors (Lipinski definition) is 2. The molecule has 2 N–H and O–H groups in total. The number of nitrogens with two attached hydrogens (primary N) is 1. The summed E-state index contributed by atoms with van der Waals surface area (Å²) < 4.78 is 36.1. The minimum atomic E-state index is -4.28. The first-order valence-electron chi connectivity index (χ1n) is 5.08. The zero-order valence-electron chi connectivity index (χ0n) is 9.59. The monoisotopic (exact) mass is 280 g/mol. The van der Waals surface area contributed by atoms with Crippen LogP contribution < -0.4 is 5.73 Å². The Morgan fingerprint density at radius 1 is 1.44 bits per heavy atom. The molecule has 0 radical (unpaired) electrons. The zero-order valence-corrected chi connectivity index (χ0v) is 10.3. The van der Waals surface area contributed by atoms with Crippen LogP contribution in [0.4, 0.5) is 18.9 Å². The van der Waals surface area contributed by atoms with E-state index in [1.807, 2.05) is 0 Å². The summed E-state index contributed by atoms with van der Waals surface area (Å²) in [6.45, 7) is -0.398. The van der Waals surface area contributed by atoms with Gasteiger partial charge >= 0.3 is 6.18 Å². The van der Waals surface area contributed by atoms with Gasteiger partial charge in [0.25, 0.3) is 5.91 Å². The van der Waals surface area contributed by atoms with E-state index in [1.165, 1.54) is 25.2 Å². The number of alkyl halides is 3. The summed E-state index contributed by atoms with van der Waals surface area (Å²) in [4.78, 5) is 12.8. The maximum absolute atomic E-state index is 12.0. The third kappa shape index (κ3) is 4.10. The lowest BCUT2D eigenvalue weighted by atomic mass is 10.2. The Bertz CT molecular complexity index is 448. The minimum absolute atomic E-state index is 0.210. The molecule has 0 saturated heterocycles. The number of hydrogen-bond donors (Lipinski definition) is 1. The van der Waals surface area contributed by atoms with E-state index in [9.17, 15) is 18.0 Å². The number of carbonyl (C=O) groups excluding carboxylic acids is 1. The van der Waals surface area contributed by atoms with E-state index in [0.717, 1.165) is 4.90 Å². The highest BCUT2D eigenvalue weighted by atomic mass is 35.5. The van der Waals surface area contributed by atoms with E-state index in [-0.39, 0.29) is 11.3 Å². The predicted molar refractivity (Wildman–Crippen MR) is 63.5 cm³/mol. The number of rotatable bonds is 3. The van der Waals surface area contributed by atoms with Crippen molar-refractivity contribution in [3.05, 3.63) is 28.8 Å². The van der Waals surface area contributed by atoms with Crippen LogP contribution in [0, 0.1) is 0 Å². The molecule has 3 nitrogen and oxygen atoms in total. The van der Waals surface area contributed by atoms with Crippen LogP contribution in [0.3, 0.4) is 0 Å². The molecule has 7 heteroatoms. The maximum Gasteiger partial charge on any atom is 0.390 e. The summed E-state index contributed by atoms with van der Waals surface area (Å²) in [6.07, 6.45) is -5.33. The van der Waals surface area contributed by atoms with Gasteiger partial charge in [-0.15, -0.1) is 0 Å². The van der Waals surface area contributed by atoms with Crippen LogP contribution in [0.5, 0.6) is 0 Å². The summed E-state index contributed by atoms with van der Waals surface area (Å²) >= 11 is 5.69. The van der Waals surface area contributed by atoms with Crippen molar-refractivity contribution < 1.29 is 18.0 Å². The summed E-state index contributed by atoms with van der Waals surface area (Å²) in [5.74, 6) is -0.525. The molecule has 0 heterocycles. The molecule has 18 heavy (non-hydrogen) atoms. The molecule has 0 aromatic heterocycles. The Balaban J connectivity index is 2.71. The summed E-state index contributed by atoms with van der Waals surface area (Å²) in [5.41, 5.74) is 5.94. The molecular formula is C11H12ClF3N2O. The third-order valence-electron chi connectivity index (χ3n) is 2.32. The fourth-order valence-electron chi connectivity index (χ4n) is 1.29. The van der Waals surface area contributed by atoms with Crippen LogP contribution in [-0.4, -0.2) is 30.6 Å². The number of halogens is 4. The summed E-state index contributed by atoms with van der Waals surface area (Å²) in [5, 5.41) is 0.296. The lowest BCUT2D eigenvalue weighted by Gasteiger charge is -2.18. The molecule has 0 spiro atoms. The van der Waals surface area contributed by atoms with Gasteiger partial charge in [0.05, 0.1) is 17.1 Å². The third-order valence-corrected chi connectivity index (χ3v) is 2.66. The number of nitrogens with zero attached hydrogens (tertiary/aromatic N) is 1. The van der Waals surface area contributed by atoms with Gasteiger partial charge in [0, 0.05) is 19.2 Å². The summed E-state index contributed by atoms with van der Waals surface area (Å²) in [6, 6.07) is 4.20. The normalized spacial score (nSPS) is 11.4. The number of anilines is 1. The van der Waals surface area contributed by atoms with Crippen LogP contribution in [0.2, 0.25) is 5.02 Å². The van der Waals surface area contributed by atoms with E-state index in [2.05, 4.69) is 0 Å². The largest absolute Gasteiger partial charge is 0.398 e. The molecular weight excluding hydrogens is 269 g/mol. The van der Waals surface area contributed by atoms with Gasteiger partial charge in [0.2, 0.25) is 0 Å². The van der Waals surface area contributed by atoms with Crippen molar-refractivity contribution in [2.75, 3.05) is 19.3 Å². The Kier molecular flexibility index (Phi) is 4.45. The number of benzene rings is 1. The van der Waals surface area contributed by atoms with E-state index < -0.39 is 25.0 Å². The van der Waals surface area contributed by atoms with Gasteiger partial charge in [-0.1, -0.05) is 11.6 Å². The highest BCUT2D eigenvalue weighted by Crippen LogP contribution is 2.22. The van der Waals surface area contributed by atoms with E-state index >= 15 is 0 Å². The van der Waals surface area contributed by atoms with Crippen molar-refractivity contribution in [3.8, 4) is 0 Å². The Labute approximate surface area is 107 Å². The van der Waals surface area contributed by atoms with Gasteiger partial charge in [-0.25, -0.2) is 0 Å². The van der Waals surface area contributed by atoms with Crippen molar-refractivity contribution in [2.45, 2.75) is 12.6 Å². The average Bonchev–Trinajstić information content (AvgIpc) is 2.27. The van der Waals surface area contributed by atoms with E-state index in [0.29, 0.717) is 5.02 Å². The van der Waals surface area contributed by atoms with Crippen molar-refractivity contribution in [1.82, 2.24) is 4.90 Å². The van der Waals surface area contributed by atoms with Crippen LogP contribution in [0.1, 0.15) is 16.8 Å². The SMILES string of the molecule is CN(CCC(F)(F)F)C(=O)c1ccc(Cl)c(N)c1. The molecule has 0 bridgehead atoms. The highest BCUT2D eigenvalue weighted by Gasteiger charge is 2.28. The Hall–Kier alpha value is -1.43. The number of nitrogen functional groups attached to an aromatic ring is 1. The first-order chi connectivity index (χ1) is 8.20. The fourth-order valence-corrected chi connectivity index (χ4v) is 1.41. The van der Waals surface area contributed by atoms with Crippen molar-refractivity contribution >= 4 is 23.2 Å². The van der Waals surface area contributed by atoms with Gasteiger partial charge in [0.1, 0.15) is 0 Å². The second-order valence-electron chi connectivity index (χ2n) is 3.83. The molecule has 0 aliphatic carbocycles.